The van der Waals surface area contributed by atoms with Crippen LogP contribution in [0.15, 0.2) is 0 Å². The Hall–Kier alpha value is -0.610. The van der Waals surface area contributed by atoms with E-state index in [9.17, 15) is 4.79 Å². The van der Waals surface area contributed by atoms with Crippen molar-refractivity contribution < 1.29 is 19.0 Å². The van der Waals surface area contributed by atoms with Gasteiger partial charge in [0.15, 0.2) is 5.79 Å². The lowest BCUT2D eigenvalue weighted by Crippen LogP contribution is -2.34. The summed E-state index contributed by atoms with van der Waals surface area (Å²) >= 11 is 0. The molecule has 2 aliphatic rings. The van der Waals surface area contributed by atoms with Crippen LogP contribution in [0.3, 0.4) is 0 Å². The second-order valence-corrected chi connectivity index (χ2v) is 9.90. The quantitative estimate of drug-likeness (QED) is 0.161. The highest BCUT2D eigenvalue weighted by Gasteiger charge is 2.42. The van der Waals surface area contributed by atoms with E-state index in [1.807, 2.05) is 0 Å². The number of unbranched alkanes of at least 4 members (excludes halogenated alkanes) is 14. The molecule has 1 spiro atoms. The van der Waals surface area contributed by atoms with Crippen LogP contribution in [-0.2, 0) is 19.0 Å². The zero-order valence-corrected chi connectivity index (χ0v) is 20.5. The second kappa shape index (κ2) is 16.9. The first-order valence-electron chi connectivity index (χ1n) is 13.7. The highest BCUT2D eigenvalue weighted by atomic mass is 16.8. The van der Waals surface area contributed by atoms with E-state index in [2.05, 4.69) is 6.92 Å². The summed E-state index contributed by atoms with van der Waals surface area (Å²) in [5, 5.41) is 0. The predicted molar refractivity (Wildman–Crippen MR) is 127 cm³/mol. The third-order valence-corrected chi connectivity index (χ3v) is 6.94. The van der Waals surface area contributed by atoms with E-state index in [4.69, 9.17) is 14.2 Å². The Morgan fingerprint density at radius 3 is 1.84 bits per heavy atom. The summed E-state index contributed by atoms with van der Waals surface area (Å²) in [5.74, 6) is -0.452. The van der Waals surface area contributed by atoms with Crippen molar-refractivity contribution in [1.29, 1.82) is 0 Å². The smallest absolute Gasteiger partial charge is 0.305 e. The van der Waals surface area contributed by atoms with Gasteiger partial charge in [0.05, 0.1) is 6.61 Å². The molecular formula is C27H50O4. The second-order valence-electron chi connectivity index (χ2n) is 9.90. The lowest BCUT2D eigenvalue weighted by Gasteiger charge is -2.31. The van der Waals surface area contributed by atoms with Crippen molar-refractivity contribution in [3.63, 3.8) is 0 Å². The topological polar surface area (TPSA) is 44.8 Å². The van der Waals surface area contributed by atoms with E-state index in [1.165, 1.54) is 103 Å². The number of hydrogen-bond acceptors (Lipinski definition) is 4. The van der Waals surface area contributed by atoms with Crippen LogP contribution in [0.1, 0.15) is 142 Å². The van der Waals surface area contributed by atoms with E-state index < -0.39 is 0 Å². The van der Waals surface area contributed by atoms with Crippen molar-refractivity contribution in [2.24, 2.45) is 0 Å². The van der Waals surface area contributed by atoms with E-state index in [1.54, 1.807) is 0 Å². The third-order valence-electron chi connectivity index (χ3n) is 6.94. The fraction of sp³-hybridized carbons (Fsp3) is 0.963. The van der Waals surface area contributed by atoms with Gasteiger partial charge in [0.2, 0.25) is 0 Å². The van der Waals surface area contributed by atoms with Crippen molar-refractivity contribution in [1.82, 2.24) is 0 Å². The number of hydrogen-bond donors (Lipinski definition) is 0. The first kappa shape index (κ1) is 26.6. The Bertz CT molecular complexity index is 445. The molecule has 1 heterocycles. The van der Waals surface area contributed by atoms with E-state index in [0.717, 1.165) is 25.7 Å². The average Bonchev–Trinajstić information content (AvgIpc) is 3.17. The van der Waals surface area contributed by atoms with Crippen LogP contribution in [0, 0.1) is 0 Å². The number of carbonyl (C=O) groups is 1. The third kappa shape index (κ3) is 12.3. The summed E-state index contributed by atoms with van der Waals surface area (Å²) in [7, 11) is 0. The largest absolute Gasteiger partial charge is 0.463 e. The van der Waals surface area contributed by atoms with Crippen molar-refractivity contribution in [3.8, 4) is 0 Å². The Labute approximate surface area is 192 Å². The number of carbonyl (C=O) groups excluding carboxylic acids is 1. The van der Waals surface area contributed by atoms with Crippen LogP contribution in [0.2, 0.25) is 0 Å². The first-order valence-corrected chi connectivity index (χ1v) is 13.7. The van der Waals surface area contributed by atoms with Gasteiger partial charge < -0.3 is 14.2 Å². The van der Waals surface area contributed by atoms with Gasteiger partial charge in [0, 0.05) is 19.3 Å². The van der Waals surface area contributed by atoms with Crippen LogP contribution in [0.4, 0.5) is 0 Å². The summed E-state index contributed by atoms with van der Waals surface area (Å²) in [4.78, 5) is 12.0. The summed E-state index contributed by atoms with van der Waals surface area (Å²) in [6.45, 7) is 3.19. The average molecular weight is 439 g/mol. The van der Waals surface area contributed by atoms with Crippen molar-refractivity contribution in [2.75, 3.05) is 13.2 Å². The van der Waals surface area contributed by atoms with E-state index in [0.29, 0.717) is 19.6 Å². The molecule has 1 saturated carbocycles. The van der Waals surface area contributed by atoms with Gasteiger partial charge in [0.1, 0.15) is 12.7 Å². The molecule has 182 valence electrons. The molecule has 0 aromatic heterocycles. The molecule has 31 heavy (non-hydrogen) atoms. The minimum Gasteiger partial charge on any atom is -0.463 e. The lowest BCUT2D eigenvalue weighted by molar-refractivity contribution is -0.192. The number of ether oxygens (including phenoxy) is 3. The van der Waals surface area contributed by atoms with Gasteiger partial charge in [-0.05, 0) is 19.3 Å². The molecule has 0 aromatic rings. The molecule has 4 heteroatoms. The maximum Gasteiger partial charge on any atom is 0.305 e. The van der Waals surface area contributed by atoms with Crippen LogP contribution < -0.4 is 0 Å². The lowest BCUT2D eigenvalue weighted by atomic mass is 9.94. The van der Waals surface area contributed by atoms with Gasteiger partial charge in [-0.2, -0.15) is 0 Å². The standard InChI is InChI=1S/C27H50O4/c1-2-3-4-5-6-7-8-9-10-11-12-13-14-15-17-20-26(28)29-23-25-24-30-27(31-25)21-18-16-19-22-27/h25H,2-24H2,1H3. The first-order chi connectivity index (χ1) is 15.2. The molecule has 1 aliphatic carbocycles. The summed E-state index contributed by atoms with van der Waals surface area (Å²) in [6.07, 6.45) is 26.1. The minimum atomic E-state index is -0.371. The van der Waals surface area contributed by atoms with Crippen LogP contribution in [0.5, 0.6) is 0 Å². The highest BCUT2D eigenvalue weighted by Crippen LogP contribution is 2.37. The number of esters is 1. The van der Waals surface area contributed by atoms with Crippen LogP contribution in [-0.4, -0.2) is 31.1 Å². The zero-order chi connectivity index (χ0) is 22.0. The fourth-order valence-electron chi connectivity index (χ4n) is 4.95. The van der Waals surface area contributed by atoms with E-state index in [-0.39, 0.29) is 17.9 Å². The molecule has 1 unspecified atom stereocenters. The van der Waals surface area contributed by atoms with Gasteiger partial charge in [-0.3, -0.25) is 4.79 Å². The summed E-state index contributed by atoms with van der Waals surface area (Å²) in [6, 6.07) is 0. The molecule has 1 atom stereocenters. The monoisotopic (exact) mass is 438 g/mol. The van der Waals surface area contributed by atoms with Crippen molar-refractivity contribution >= 4 is 5.97 Å². The SMILES string of the molecule is CCCCCCCCCCCCCCCCCC(=O)OCC1COC2(CCCCC2)O1. The highest BCUT2D eigenvalue weighted by molar-refractivity contribution is 5.69. The molecule has 2 rings (SSSR count). The van der Waals surface area contributed by atoms with Crippen LogP contribution in [0.25, 0.3) is 0 Å². The Kier molecular flexibility index (Phi) is 14.6. The summed E-state index contributed by atoms with van der Waals surface area (Å²) < 4.78 is 17.4. The van der Waals surface area contributed by atoms with Gasteiger partial charge in [0.25, 0.3) is 0 Å². The fourth-order valence-corrected chi connectivity index (χ4v) is 4.95. The van der Waals surface area contributed by atoms with Crippen molar-refractivity contribution in [2.45, 2.75) is 154 Å². The predicted octanol–water partition coefficient (Wildman–Crippen LogP) is 7.87. The molecule has 4 nitrogen and oxygen atoms in total. The molecule has 0 N–H and O–H groups in total. The molecule has 0 aromatic carbocycles. The van der Waals surface area contributed by atoms with Gasteiger partial charge >= 0.3 is 5.97 Å². The van der Waals surface area contributed by atoms with E-state index >= 15 is 0 Å². The Balaban J connectivity index is 1.31. The van der Waals surface area contributed by atoms with Gasteiger partial charge in [-0.1, -0.05) is 103 Å². The maximum atomic E-state index is 12.0. The molecule has 0 radical (unpaired) electrons. The summed E-state index contributed by atoms with van der Waals surface area (Å²) in [5.41, 5.74) is 0. The minimum absolute atomic E-state index is 0.0805. The Morgan fingerprint density at radius 2 is 1.29 bits per heavy atom. The molecular weight excluding hydrogens is 388 g/mol. The maximum absolute atomic E-state index is 12.0. The van der Waals surface area contributed by atoms with Crippen molar-refractivity contribution in [3.05, 3.63) is 0 Å². The molecule has 2 fully saturated rings. The van der Waals surface area contributed by atoms with Crippen LogP contribution >= 0.6 is 0 Å². The normalized spacial score (nSPS) is 20.4. The zero-order valence-electron chi connectivity index (χ0n) is 20.5. The Morgan fingerprint density at radius 1 is 0.774 bits per heavy atom. The molecule has 0 amide bonds. The molecule has 0 bridgehead atoms. The molecule has 1 saturated heterocycles. The van der Waals surface area contributed by atoms with Gasteiger partial charge in [-0.25, -0.2) is 0 Å². The molecule has 1 aliphatic heterocycles. The number of rotatable bonds is 18. The van der Waals surface area contributed by atoms with Gasteiger partial charge in [-0.15, -0.1) is 0 Å².